The molecule has 0 saturated carbocycles. The summed E-state index contributed by atoms with van der Waals surface area (Å²) in [5.41, 5.74) is 2.66. The van der Waals surface area contributed by atoms with Crippen molar-refractivity contribution >= 4 is 23.5 Å². The van der Waals surface area contributed by atoms with Gasteiger partial charge in [0.15, 0.2) is 0 Å². The van der Waals surface area contributed by atoms with E-state index in [-0.39, 0.29) is 24.6 Å². The molecule has 3 aromatic carbocycles. The fourth-order valence-electron chi connectivity index (χ4n) is 6.66. The van der Waals surface area contributed by atoms with Crippen molar-refractivity contribution in [2.45, 2.75) is 38.5 Å². The summed E-state index contributed by atoms with van der Waals surface area (Å²) in [5.74, 6) is -1.77. The maximum Gasteiger partial charge on any atom is 0.416 e. The minimum atomic E-state index is -4.65. The molecule has 0 spiro atoms. The van der Waals surface area contributed by atoms with E-state index >= 15 is 0 Å². The van der Waals surface area contributed by atoms with Gasteiger partial charge in [-0.3, -0.25) is 24.2 Å². The zero-order valence-corrected chi connectivity index (χ0v) is 28.4. The van der Waals surface area contributed by atoms with Crippen LogP contribution in [0.3, 0.4) is 0 Å². The van der Waals surface area contributed by atoms with E-state index in [1.165, 1.54) is 6.07 Å². The lowest BCUT2D eigenvalue weighted by atomic mass is 9.80. The Bertz CT molecular complexity index is 1940. The number of fused-ring (bicyclic) bond motifs is 1. The van der Waals surface area contributed by atoms with Gasteiger partial charge in [-0.15, -0.1) is 0 Å². The Morgan fingerprint density at radius 2 is 1.73 bits per heavy atom. The molecule has 2 atom stereocenters. The molecule has 3 amide bonds. The predicted octanol–water partition coefficient (Wildman–Crippen LogP) is 5.00. The van der Waals surface area contributed by atoms with Crippen LogP contribution in [0.4, 0.5) is 19.0 Å². The number of rotatable bonds is 10. The second-order valence-corrected chi connectivity index (χ2v) is 12.6. The molecule has 3 heterocycles. The van der Waals surface area contributed by atoms with Gasteiger partial charge in [0.1, 0.15) is 11.9 Å². The number of nitrogens with zero attached hydrogens (tertiary/aromatic N) is 4. The third kappa shape index (κ3) is 7.59. The highest BCUT2D eigenvalue weighted by Crippen LogP contribution is 2.43. The summed E-state index contributed by atoms with van der Waals surface area (Å²) in [6, 6.07) is 19.6. The first-order valence-electron chi connectivity index (χ1n) is 16.8. The predicted molar refractivity (Wildman–Crippen MR) is 186 cm³/mol. The summed E-state index contributed by atoms with van der Waals surface area (Å²) >= 11 is 0. The Labute approximate surface area is 293 Å². The van der Waals surface area contributed by atoms with Crippen molar-refractivity contribution in [1.29, 1.82) is 0 Å². The minimum Gasteiger partial charge on any atom is -0.379 e. The first kappa shape index (κ1) is 35.6. The summed E-state index contributed by atoms with van der Waals surface area (Å²) < 4.78 is 47.7. The number of anilines is 1. The van der Waals surface area contributed by atoms with Crippen molar-refractivity contribution in [3.05, 3.63) is 125 Å². The highest BCUT2D eigenvalue weighted by atomic mass is 19.4. The maximum atomic E-state index is 14.4. The molecule has 2 aliphatic heterocycles. The van der Waals surface area contributed by atoms with Crippen molar-refractivity contribution in [2.24, 2.45) is 0 Å². The number of ether oxygens (including phenoxy) is 1. The van der Waals surface area contributed by atoms with Gasteiger partial charge >= 0.3 is 6.18 Å². The van der Waals surface area contributed by atoms with Crippen LogP contribution in [-0.4, -0.2) is 77.8 Å². The van der Waals surface area contributed by atoms with Crippen LogP contribution in [0.5, 0.6) is 0 Å². The van der Waals surface area contributed by atoms with E-state index < -0.39 is 35.5 Å². The first-order valence-corrected chi connectivity index (χ1v) is 16.8. The zero-order valence-electron chi connectivity index (χ0n) is 28.4. The number of aromatic nitrogens is 2. The molecule has 0 aliphatic carbocycles. The van der Waals surface area contributed by atoms with E-state index in [1.54, 1.807) is 15.6 Å². The number of benzene rings is 3. The lowest BCUT2D eigenvalue weighted by Crippen LogP contribution is -2.55. The molecule has 13 heteroatoms. The number of likely N-dealkylation sites (N-methyl/N-ethyl adjacent to an activating group) is 1. The van der Waals surface area contributed by atoms with Gasteiger partial charge in [0, 0.05) is 55.3 Å². The molecule has 0 radical (unpaired) electrons. The molecule has 1 saturated heterocycles. The monoisotopic (exact) mass is 700 g/mol. The number of halogens is 3. The van der Waals surface area contributed by atoms with Crippen molar-refractivity contribution < 1.29 is 32.3 Å². The number of para-hydroxylation sites is 1. The highest BCUT2D eigenvalue weighted by Gasteiger charge is 2.45. The second kappa shape index (κ2) is 14.9. The van der Waals surface area contributed by atoms with Crippen LogP contribution < -0.4 is 15.5 Å². The van der Waals surface area contributed by atoms with Gasteiger partial charge in [-0.25, -0.2) is 4.68 Å². The number of carbonyl (C=O) groups excluding carboxylic acids is 3. The topological polar surface area (TPSA) is 109 Å². The molecular formula is C38H39F3N6O4. The van der Waals surface area contributed by atoms with Gasteiger partial charge in [0.05, 0.1) is 30.2 Å². The molecule has 0 bridgehead atoms. The van der Waals surface area contributed by atoms with E-state index in [9.17, 15) is 27.6 Å². The normalized spacial score (nSPS) is 17.9. The number of alkyl halides is 3. The number of nitrogens with one attached hydrogen (secondary N) is 2. The van der Waals surface area contributed by atoms with Gasteiger partial charge in [0.2, 0.25) is 5.91 Å². The summed E-state index contributed by atoms with van der Waals surface area (Å²) in [4.78, 5) is 44.7. The van der Waals surface area contributed by atoms with Crippen LogP contribution in [0.25, 0.3) is 5.69 Å². The van der Waals surface area contributed by atoms with Crippen molar-refractivity contribution in [3.8, 4) is 5.69 Å². The SMILES string of the molecule is C=C(CN1CCOCC1)C(=O)NCc1cccc([C@@H]2c3c(C)nn(-c4ccccc4)c3N(CC)C(=O)[C@H]2NC(=O)c2cccc(C(F)(F)F)c2)c1. The van der Waals surface area contributed by atoms with Crippen LogP contribution in [0.1, 0.15) is 51.1 Å². The van der Waals surface area contributed by atoms with Crippen LogP contribution in [0.2, 0.25) is 0 Å². The third-order valence-corrected chi connectivity index (χ3v) is 9.17. The van der Waals surface area contributed by atoms with Crippen molar-refractivity contribution in [3.63, 3.8) is 0 Å². The molecule has 2 aliphatic rings. The molecule has 266 valence electrons. The minimum absolute atomic E-state index is 0.174. The Kier molecular flexibility index (Phi) is 10.4. The molecule has 10 nitrogen and oxygen atoms in total. The average Bonchev–Trinajstić information content (AvgIpc) is 3.47. The Morgan fingerprint density at radius 1 is 1.00 bits per heavy atom. The third-order valence-electron chi connectivity index (χ3n) is 9.17. The quantitative estimate of drug-likeness (QED) is 0.226. The number of aryl methyl sites for hydroxylation is 1. The van der Waals surface area contributed by atoms with Crippen LogP contribution in [-0.2, 0) is 27.0 Å². The van der Waals surface area contributed by atoms with Crippen LogP contribution >= 0.6 is 0 Å². The number of amides is 3. The lowest BCUT2D eigenvalue weighted by Gasteiger charge is -2.38. The highest BCUT2D eigenvalue weighted by molar-refractivity contribution is 6.05. The molecule has 6 rings (SSSR count). The maximum absolute atomic E-state index is 14.4. The van der Waals surface area contributed by atoms with Crippen molar-refractivity contribution in [1.82, 2.24) is 25.3 Å². The summed E-state index contributed by atoms with van der Waals surface area (Å²) in [6.07, 6.45) is -4.65. The van der Waals surface area contributed by atoms with E-state index in [0.717, 1.165) is 42.5 Å². The number of hydrogen-bond donors (Lipinski definition) is 2. The molecule has 2 N–H and O–H groups in total. The fraction of sp³-hybridized carbons (Fsp3) is 0.316. The fourth-order valence-corrected chi connectivity index (χ4v) is 6.66. The standard InChI is InChI=1S/C38H39F3N6O4/c1-4-46-36-31(25(3)44-47(36)30-14-6-5-7-15-30)32(33(37(46)50)43-35(49)28-12-9-13-29(21-28)38(39,40)41)27-11-8-10-26(20-27)22-42-34(48)24(2)23-45-16-18-51-19-17-45/h5-15,20-21,32-33H,2,4,16-19,22-23H2,1,3H3,(H,42,48)(H,43,49)/t32-,33+/m1/s1. The Balaban J connectivity index is 1.36. The van der Waals surface area contributed by atoms with E-state index in [4.69, 9.17) is 9.84 Å². The van der Waals surface area contributed by atoms with Gasteiger partial charge in [0.25, 0.3) is 11.8 Å². The second-order valence-electron chi connectivity index (χ2n) is 12.6. The molecule has 1 fully saturated rings. The van der Waals surface area contributed by atoms with Crippen LogP contribution in [0, 0.1) is 6.92 Å². The van der Waals surface area contributed by atoms with E-state index in [1.807, 2.05) is 62.4 Å². The first-order chi connectivity index (χ1) is 24.5. The van der Waals surface area contributed by atoms with Crippen LogP contribution in [0.15, 0.2) is 91.0 Å². The summed E-state index contributed by atoms with van der Waals surface area (Å²) in [7, 11) is 0. The smallest absolute Gasteiger partial charge is 0.379 e. The molecule has 51 heavy (non-hydrogen) atoms. The number of morpholine rings is 1. The van der Waals surface area contributed by atoms with Gasteiger partial charge < -0.3 is 15.4 Å². The average molecular weight is 701 g/mol. The Hall–Kier alpha value is -5.27. The van der Waals surface area contributed by atoms with Gasteiger partial charge in [-0.1, -0.05) is 55.1 Å². The van der Waals surface area contributed by atoms with Gasteiger partial charge in [-0.05, 0) is 55.3 Å². The molecular weight excluding hydrogens is 661 g/mol. The Morgan fingerprint density at radius 3 is 2.43 bits per heavy atom. The van der Waals surface area contributed by atoms with E-state index in [0.29, 0.717) is 48.0 Å². The summed E-state index contributed by atoms with van der Waals surface area (Å²) in [6.45, 7) is 11.1. The largest absolute Gasteiger partial charge is 0.416 e. The zero-order chi connectivity index (χ0) is 36.3. The van der Waals surface area contributed by atoms with Crippen molar-refractivity contribution in [2.75, 3.05) is 44.3 Å². The number of carbonyl (C=O) groups is 3. The number of hydrogen-bond acceptors (Lipinski definition) is 6. The van der Waals surface area contributed by atoms with Gasteiger partial charge in [-0.2, -0.15) is 18.3 Å². The molecule has 4 aromatic rings. The molecule has 0 unspecified atom stereocenters. The molecule has 1 aromatic heterocycles. The lowest BCUT2D eigenvalue weighted by molar-refractivity contribution is -0.137. The summed E-state index contributed by atoms with van der Waals surface area (Å²) in [5, 5.41) is 10.6. The van der Waals surface area contributed by atoms with E-state index in [2.05, 4.69) is 22.1 Å².